The normalized spacial score (nSPS) is 16.4. The van der Waals surface area contributed by atoms with Crippen molar-refractivity contribution in [2.24, 2.45) is 4.99 Å². The van der Waals surface area contributed by atoms with Crippen molar-refractivity contribution in [1.29, 1.82) is 0 Å². The summed E-state index contributed by atoms with van der Waals surface area (Å²) < 4.78 is 17.0. The van der Waals surface area contributed by atoms with Crippen LogP contribution in [0, 0.1) is 6.92 Å². The molecule has 30 heavy (non-hydrogen) atoms. The predicted octanol–water partition coefficient (Wildman–Crippen LogP) is 1.71. The van der Waals surface area contributed by atoms with Crippen molar-refractivity contribution >= 4 is 11.9 Å². The molecule has 8 heteroatoms. The first-order chi connectivity index (χ1) is 14.5. The number of benzene rings is 1. The largest absolute Gasteiger partial charge is 0.488 e. The van der Waals surface area contributed by atoms with Crippen LogP contribution in [-0.2, 0) is 20.8 Å². The number of rotatable bonds is 11. The number of hydrogen-bond donors (Lipinski definition) is 2. The number of hydrogen-bond acceptors (Lipinski definition) is 5. The lowest BCUT2D eigenvalue weighted by Crippen LogP contribution is -2.43. The maximum atomic E-state index is 12.0. The third-order valence-corrected chi connectivity index (χ3v) is 4.68. The molecule has 1 unspecified atom stereocenters. The predicted molar refractivity (Wildman–Crippen MR) is 118 cm³/mol. The average molecular weight is 421 g/mol. The number of guanidine groups is 1. The van der Waals surface area contributed by atoms with E-state index >= 15 is 0 Å². The molecule has 0 aliphatic carbocycles. The van der Waals surface area contributed by atoms with E-state index < -0.39 is 0 Å². The number of carbonyl (C=O) groups is 1. The molecule has 0 bridgehead atoms. The van der Waals surface area contributed by atoms with Gasteiger partial charge in [0.15, 0.2) is 5.96 Å². The van der Waals surface area contributed by atoms with Gasteiger partial charge < -0.3 is 29.7 Å². The lowest BCUT2D eigenvalue weighted by Gasteiger charge is -2.17. The molecule has 0 saturated carbocycles. The van der Waals surface area contributed by atoms with E-state index in [-0.39, 0.29) is 18.6 Å². The van der Waals surface area contributed by atoms with Crippen LogP contribution in [-0.4, -0.2) is 76.5 Å². The third kappa shape index (κ3) is 8.59. The molecule has 1 aromatic carbocycles. The molecule has 1 heterocycles. The van der Waals surface area contributed by atoms with Gasteiger partial charge in [-0.2, -0.15) is 0 Å². The maximum Gasteiger partial charge on any atom is 0.241 e. The van der Waals surface area contributed by atoms with E-state index in [0.717, 1.165) is 36.3 Å². The highest BCUT2D eigenvalue weighted by molar-refractivity contribution is 5.86. The highest BCUT2D eigenvalue weighted by atomic mass is 16.5. The van der Waals surface area contributed by atoms with Crippen LogP contribution >= 0.6 is 0 Å². The third-order valence-electron chi connectivity index (χ3n) is 4.68. The molecule has 1 aromatic rings. The van der Waals surface area contributed by atoms with Crippen LogP contribution < -0.4 is 15.4 Å². The summed E-state index contributed by atoms with van der Waals surface area (Å²) in [5, 5.41) is 6.39. The molecule has 1 fully saturated rings. The summed E-state index contributed by atoms with van der Waals surface area (Å²) in [5.74, 6) is 1.42. The zero-order chi connectivity index (χ0) is 21.8. The Labute approximate surface area is 180 Å². The van der Waals surface area contributed by atoms with Gasteiger partial charge in [0.2, 0.25) is 5.91 Å². The number of carbonyl (C=O) groups excluding carboxylic acids is 1. The molecular weight excluding hydrogens is 384 g/mol. The minimum atomic E-state index is -0.0144. The fourth-order valence-corrected chi connectivity index (χ4v) is 2.87. The lowest BCUT2D eigenvalue weighted by molar-refractivity contribution is -0.127. The second-order valence-corrected chi connectivity index (χ2v) is 7.50. The Morgan fingerprint density at radius 3 is 2.87 bits per heavy atom. The highest BCUT2D eigenvalue weighted by Gasteiger charge is 2.18. The SMILES string of the molecule is CCOCCCNC(=NCc1ccc(C)cc1OC1CCOC1)NCC(=O)N(C)C. The fraction of sp³-hybridized carbons (Fsp3) is 0.636. The van der Waals surface area contributed by atoms with Gasteiger partial charge in [0.1, 0.15) is 11.9 Å². The zero-order valence-electron chi connectivity index (χ0n) is 18.7. The van der Waals surface area contributed by atoms with Crippen molar-refractivity contribution in [2.75, 3.05) is 53.6 Å². The van der Waals surface area contributed by atoms with Gasteiger partial charge >= 0.3 is 0 Å². The lowest BCUT2D eigenvalue weighted by atomic mass is 10.1. The molecule has 1 aliphatic rings. The van der Waals surface area contributed by atoms with Crippen molar-refractivity contribution in [3.8, 4) is 5.75 Å². The molecular formula is C22H36N4O4. The van der Waals surface area contributed by atoms with E-state index in [1.165, 1.54) is 0 Å². The van der Waals surface area contributed by atoms with Crippen LogP contribution in [0.5, 0.6) is 5.75 Å². The van der Waals surface area contributed by atoms with Crippen LogP contribution in [0.3, 0.4) is 0 Å². The second-order valence-electron chi connectivity index (χ2n) is 7.50. The number of ether oxygens (including phenoxy) is 3. The van der Waals surface area contributed by atoms with Crippen LogP contribution in [0.25, 0.3) is 0 Å². The minimum absolute atomic E-state index is 0.0144. The monoisotopic (exact) mass is 420 g/mol. The summed E-state index contributed by atoms with van der Waals surface area (Å²) in [7, 11) is 3.47. The molecule has 1 aliphatic heterocycles. The number of nitrogens with zero attached hydrogens (tertiary/aromatic N) is 2. The number of nitrogens with one attached hydrogen (secondary N) is 2. The van der Waals surface area contributed by atoms with Crippen molar-refractivity contribution < 1.29 is 19.0 Å². The summed E-state index contributed by atoms with van der Waals surface area (Å²) in [6.45, 7) is 8.12. The van der Waals surface area contributed by atoms with Crippen LogP contribution in [0.4, 0.5) is 0 Å². The standard InChI is InChI=1S/C22H36N4O4/c1-5-28-11-6-10-23-22(25-15-21(27)26(3)4)24-14-18-8-7-17(2)13-20(18)30-19-9-12-29-16-19/h7-8,13,19H,5-6,9-12,14-16H2,1-4H3,(H2,23,24,25). The van der Waals surface area contributed by atoms with Gasteiger partial charge in [-0.15, -0.1) is 0 Å². The Balaban J connectivity index is 2.03. The Morgan fingerprint density at radius 1 is 1.33 bits per heavy atom. The molecule has 0 radical (unpaired) electrons. The van der Waals surface area contributed by atoms with Crippen molar-refractivity contribution in [3.05, 3.63) is 29.3 Å². The summed E-state index contributed by atoms with van der Waals surface area (Å²) in [6, 6.07) is 6.14. The van der Waals surface area contributed by atoms with Crippen LogP contribution in [0.1, 0.15) is 30.9 Å². The number of amides is 1. The fourth-order valence-electron chi connectivity index (χ4n) is 2.87. The molecule has 1 atom stereocenters. The van der Waals surface area contributed by atoms with Gasteiger partial charge in [-0.05, 0) is 31.9 Å². The van der Waals surface area contributed by atoms with E-state index in [2.05, 4.69) is 21.7 Å². The van der Waals surface area contributed by atoms with Crippen molar-refractivity contribution in [2.45, 2.75) is 39.3 Å². The molecule has 2 rings (SSSR count). The van der Waals surface area contributed by atoms with Crippen LogP contribution in [0.2, 0.25) is 0 Å². The molecule has 168 valence electrons. The quantitative estimate of drug-likeness (QED) is 0.322. The summed E-state index contributed by atoms with van der Waals surface area (Å²) in [6.07, 6.45) is 1.84. The summed E-state index contributed by atoms with van der Waals surface area (Å²) in [5.41, 5.74) is 2.14. The minimum Gasteiger partial charge on any atom is -0.488 e. The highest BCUT2D eigenvalue weighted by Crippen LogP contribution is 2.24. The van der Waals surface area contributed by atoms with E-state index in [1.54, 1.807) is 19.0 Å². The number of likely N-dealkylation sites (N-methyl/N-ethyl adjacent to an activating group) is 1. The zero-order valence-corrected chi connectivity index (χ0v) is 18.7. The first kappa shape index (κ1) is 24.0. The van der Waals surface area contributed by atoms with Gasteiger partial charge in [-0.3, -0.25) is 4.79 Å². The topological polar surface area (TPSA) is 84.4 Å². The molecule has 1 saturated heterocycles. The molecule has 1 amide bonds. The van der Waals surface area contributed by atoms with Gasteiger partial charge in [0.05, 0.1) is 26.3 Å². The van der Waals surface area contributed by atoms with Crippen molar-refractivity contribution in [1.82, 2.24) is 15.5 Å². The van der Waals surface area contributed by atoms with Gasteiger partial charge in [0, 0.05) is 45.8 Å². The average Bonchev–Trinajstić information content (AvgIpc) is 3.23. The Morgan fingerprint density at radius 2 is 2.17 bits per heavy atom. The van der Waals surface area contributed by atoms with Gasteiger partial charge in [-0.25, -0.2) is 4.99 Å². The van der Waals surface area contributed by atoms with E-state index in [0.29, 0.717) is 38.9 Å². The molecule has 8 nitrogen and oxygen atoms in total. The Kier molecular flexibility index (Phi) is 10.4. The Bertz CT molecular complexity index is 688. The molecule has 2 N–H and O–H groups in total. The first-order valence-electron chi connectivity index (χ1n) is 10.6. The summed E-state index contributed by atoms with van der Waals surface area (Å²) in [4.78, 5) is 18.2. The van der Waals surface area contributed by atoms with Gasteiger partial charge in [0.25, 0.3) is 0 Å². The van der Waals surface area contributed by atoms with Gasteiger partial charge in [-0.1, -0.05) is 12.1 Å². The molecule has 0 aromatic heterocycles. The summed E-state index contributed by atoms with van der Waals surface area (Å²) >= 11 is 0. The van der Waals surface area contributed by atoms with Crippen LogP contribution in [0.15, 0.2) is 23.2 Å². The maximum absolute atomic E-state index is 12.0. The van der Waals surface area contributed by atoms with E-state index in [9.17, 15) is 4.79 Å². The first-order valence-corrected chi connectivity index (χ1v) is 10.6. The smallest absolute Gasteiger partial charge is 0.241 e. The number of aliphatic imine (C=N–C) groups is 1. The van der Waals surface area contributed by atoms with E-state index in [1.807, 2.05) is 26.0 Å². The Hall–Kier alpha value is -2.32. The molecule has 0 spiro atoms. The number of aryl methyl sites for hydroxylation is 1. The van der Waals surface area contributed by atoms with E-state index in [4.69, 9.17) is 14.2 Å². The van der Waals surface area contributed by atoms with Crippen molar-refractivity contribution in [3.63, 3.8) is 0 Å². The second kappa shape index (κ2) is 13.1.